The molecule has 1 rings (SSSR count). The Hall–Kier alpha value is -2.15. The maximum absolute atomic E-state index is 12.9. The van der Waals surface area contributed by atoms with Crippen molar-refractivity contribution in [2.24, 2.45) is 0 Å². The molecule has 4 heteroatoms. The van der Waals surface area contributed by atoms with Gasteiger partial charge >= 0.3 is 0 Å². The Morgan fingerprint density at radius 3 is 2.69 bits per heavy atom. The van der Waals surface area contributed by atoms with Crippen LogP contribution in [0.3, 0.4) is 0 Å². The van der Waals surface area contributed by atoms with E-state index in [1.807, 2.05) is 0 Å². The largest absolute Gasteiger partial charge is 0.382 e. The molecule has 0 heterocycles. The molecule has 1 aromatic carbocycles. The standard InChI is InChI=1S/C12H11FN2O/c1-15(2)8-10(7-14)12(16)9-4-3-5-11(13)6-9/h3-6,8H,1-2H3/b10-8+. The van der Waals surface area contributed by atoms with E-state index in [-0.39, 0.29) is 11.1 Å². The van der Waals surface area contributed by atoms with Crippen molar-refractivity contribution in [3.05, 3.63) is 47.4 Å². The van der Waals surface area contributed by atoms with Gasteiger partial charge in [0.2, 0.25) is 5.78 Å². The molecule has 82 valence electrons. The summed E-state index contributed by atoms with van der Waals surface area (Å²) < 4.78 is 12.9. The molecule has 0 saturated heterocycles. The number of hydrogen-bond acceptors (Lipinski definition) is 3. The third kappa shape index (κ3) is 2.92. The fourth-order valence-electron chi connectivity index (χ4n) is 1.18. The summed E-state index contributed by atoms with van der Waals surface area (Å²) in [5.41, 5.74) is 0.158. The highest BCUT2D eigenvalue weighted by Gasteiger charge is 2.12. The first kappa shape index (κ1) is 11.9. The van der Waals surface area contributed by atoms with Crippen LogP contribution in [-0.4, -0.2) is 24.8 Å². The van der Waals surface area contributed by atoms with Crippen molar-refractivity contribution < 1.29 is 9.18 Å². The van der Waals surface area contributed by atoms with E-state index in [9.17, 15) is 9.18 Å². The van der Waals surface area contributed by atoms with Crippen LogP contribution in [0.5, 0.6) is 0 Å². The topological polar surface area (TPSA) is 44.1 Å². The highest BCUT2D eigenvalue weighted by molar-refractivity contribution is 6.11. The molecule has 1 aromatic rings. The third-order valence-corrected chi connectivity index (χ3v) is 1.84. The summed E-state index contributed by atoms with van der Waals surface area (Å²) in [7, 11) is 3.41. The minimum absolute atomic E-state index is 0.0180. The molecule has 0 amide bonds. The van der Waals surface area contributed by atoms with Crippen LogP contribution in [0.2, 0.25) is 0 Å². The van der Waals surface area contributed by atoms with Gasteiger partial charge < -0.3 is 4.90 Å². The number of benzene rings is 1. The van der Waals surface area contributed by atoms with Gasteiger partial charge in [-0.3, -0.25) is 4.79 Å². The molecule has 0 N–H and O–H groups in total. The van der Waals surface area contributed by atoms with E-state index < -0.39 is 11.6 Å². The molecule has 0 aliphatic heterocycles. The number of rotatable bonds is 3. The quantitative estimate of drug-likeness (QED) is 0.442. The number of allylic oxidation sites excluding steroid dienone is 1. The van der Waals surface area contributed by atoms with E-state index in [1.165, 1.54) is 24.4 Å². The highest BCUT2D eigenvalue weighted by atomic mass is 19.1. The van der Waals surface area contributed by atoms with E-state index in [0.29, 0.717) is 0 Å². The molecule has 16 heavy (non-hydrogen) atoms. The molecule has 0 atom stereocenters. The van der Waals surface area contributed by atoms with Crippen molar-refractivity contribution in [1.82, 2.24) is 4.90 Å². The van der Waals surface area contributed by atoms with Crippen LogP contribution in [0.25, 0.3) is 0 Å². The first-order valence-electron chi connectivity index (χ1n) is 4.63. The van der Waals surface area contributed by atoms with Crippen LogP contribution in [0, 0.1) is 17.1 Å². The van der Waals surface area contributed by atoms with Crippen LogP contribution in [-0.2, 0) is 0 Å². The number of nitriles is 1. The van der Waals surface area contributed by atoms with Crippen LogP contribution in [0.1, 0.15) is 10.4 Å². The Bertz CT molecular complexity index is 472. The number of hydrogen-bond donors (Lipinski definition) is 0. The Morgan fingerprint density at radius 1 is 1.50 bits per heavy atom. The van der Waals surface area contributed by atoms with Crippen molar-refractivity contribution >= 4 is 5.78 Å². The van der Waals surface area contributed by atoms with Crippen LogP contribution in [0.4, 0.5) is 4.39 Å². The molecule has 0 aliphatic rings. The lowest BCUT2D eigenvalue weighted by atomic mass is 10.1. The van der Waals surface area contributed by atoms with Crippen molar-refractivity contribution in [3.63, 3.8) is 0 Å². The van der Waals surface area contributed by atoms with Gasteiger partial charge in [-0.2, -0.15) is 5.26 Å². The fraction of sp³-hybridized carbons (Fsp3) is 0.167. The Balaban J connectivity index is 3.07. The minimum atomic E-state index is -0.493. The number of carbonyl (C=O) groups is 1. The molecule has 3 nitrogen and oxygen atoms in total. The lowest BCUT2D eigenvalue weighted by Crippen LogP contribution is -2.09. The lowest BCUT2D eigenvalue weighted by Gasteiger charge is -2.05. The summed E-state index contributed by atoms with van der Waals surface area (Å²) in [6.45, 7) is 0. The van der Waals surface area contributed by atoms with Crippen molar-refractivity contribution in [2.75, 3.05) is 14.1 Å². The predicted molar refractivity (Wildman–Crippen MR) is 58.1 cm³/mol. The average molecular weight is 218 g/mol. The van der Waals surface area contributed by atoms with E-state index in [1.54, 1.807) is 25.1 Å². The normalized spacial score (nSPS) is 10.8. The zero-order chi connectivity index (χ0) is 12.1. The first-order chi connectivity index (χ1) is 7.54. The average Bonchev–Trinajstić information content (AvgIpc) is 2.24. The van der Waals surface area contributed by atoms with E-state index >= 15 is 0 Å². The fourth-order valence-corrected chi connectivity index (χ4v) is 1.18. The van der Waals surface area contributed by atoms with E-state index in [2.05, 4.69) is 0 Å². The van der Waals surface area contributed by atoms with Gasteiger partial charge in [-0.15, -0.1) is 0 Å². The lowest BCUT2D eigenvalue weighted by molar-refractivity contribution is 0.103. The molecule has 0 aliphatic carbocycles. The summed E-state index contributed by atoms with van der Waals surface area (Å²) in [6.07, 6.45) is 1.41. The molecule has 0 bridgehead atoms. The highest BCUT2D eigenvalue weighted by Crippen LogP contribution is 2.10. The molecule has 0 radical (unpaired) electrons. The SMILES string of the molecule is CN(C)/C=C(\C#N)C(=O)c1cccc(F)c1. The minimum Gasteiger partial charge on any atom is -0.382 e. The Morgan fingerprint density at radius 2 is 2.19 bits per heavy atom. The summed E-state index contributed by atoms with van der Waals surface area (Å²) in [6, 6.07) is 7.08. The van der Waals surface area contributed by atoms with Gasteiger partial charge in [-0.1, -0.05) is 12.1 Å². The Kier molecular flexibility index (Phi) is 3.78. The van der Waals surface area contributed by atoms with Gasteiger partial charge in [0.25, 0.3) is 0 Å². The monoisotopic (exact) mass is 218 g/mol. The van der Waals surface area contributed by atoms with Gasteiger partial charge in [0.05, 0.1) is 0 Å². The van der Waals surface area contributed by atoms with Crippen LogP contribution < -0.4 is 0 Å². The van der Waals surface area contributed by atoms with E-state index in [4.69, 9.17) is 5.26 Å². The number of ketones is 1. The second-order valence-electron chi connectivity index (χ2n) is 3.46. The second kappa shape index (κ2) is 5.08. The van der Waals surface area contributed by atoms with Crippen molar-refractivity contribution in [2.45, 2.75) is 0 Å². The summed E-state index contributed by atoms with van der Waals surface area (Å²) in [5, 5.41) is 8.82. The molecular weight excluding hydrogens is 207 g/mol. The summed E-state index contributed by atoms with van der Waals surface area (Å²) in [4.78, 5) is 13.4. The van der Waals surface area contributed by atoms with Crippen molar-refractivity contribution in [1.29, 1.82) is 5.26 Å². The maximum Gasteiger partial charge on any atom is 0.205 e. The molecule has 0 saturated carbocycles. The maximum atomic E-state index is 12.9. The summed E-state index contributed by atoms with van der Waals surface area (Å²) in [5.74, 6) is -0.969. The third-order valence-electron chi connectivity index (χ3n) is 1.84. The van der Waals surface area contributed by atoms with E-state index in [0.717, 1.165) is 6.07 Å². The molecule has 0 spiro atoms. The van der Waals surface area contributed by atoms with Crippen LogP contribution >= 0.6 is 0 Å². The molecule has 0 fully saturated rings. The number of halogens is 1. The summed E-state index contributed by atoms with van der Waals surface area (Å²) >= 11 is 0. The zero-order valence-electron chi connectivity index (χ0n) is 9.07. The predicted octanol–water partition coefficient (Wildman–Crippen LogP) is 1.98. The molecule has 0 aromatic heterocycles. The van der Waals surface area contributed by atoms with Gasteiger partial charge in [0.15, 0.2) is 0 Å². The number of nitrogens with zero attached hydrogens (tertiary/aromatic N) is 2. The van der Waals surface area contributed by atoms with Gasteiger partial charge in [0.1, 0.15) is 17.5 Å². The van der Waals surface area contributed by atoms with Gasteiger partial charge in [-0.05, 0) is 12.1 Å². The van der Waals surface area contributed by atoms with Crippen LogP contribution in [0.15, 0.2) is 36.0 Å². The Labute approximate surface area is 93.4 Å². The number of Topliss-reactive ketones (excluding diaryl/α,β-unsaturated/α-hetero) is 1. The van der Waals surface area contributed by atoms with Gasteiger partial charge in [0, 0.05) is 25.9 Å². The smallest absolute Gasteiger partial charge is 0.205 e. The zero-order valence-corrected chi connectivity index (χ0v) is 9.07. The molecular formula is C12H11FN2O. The number of carbonyl (C=O) groups excluding carboxylic acids is 1. The molecule has 0 unspecified atom stereocenters. The second-order valence-corrected chi connectivity index (χ2v) is 3.46. The van der Waals surface area contributed by atoms with Gasteiger partial charge in [-0.25, -0.2) is 4.39 Å². The van der Waals surface area contributed by atoms with Crippen molar-refractivity contribution in [3.8, 4) is 6.07 Å². The first-order valence-corrected chi connectivity index (χ1v) is 4.63.